The van der Waals surface area contributed by atoms with E-state index >= 15 is 0 Å². The molecule has 2 aromatic heterocycles. The standard InChI is InChI=1S/C23H22N8O3/c1-14(2)31-13-20(29-30-31)19-11-12-24-22(27-19)25-16-9-7-15(8-10-16)21(32)26-17-5-3-4-6-18(17)28-23(33)34/h3-14,28H,1-2H3,(H,26,32)(H,33,34)(H,24,25,27). The molecule has 0 fully saturated rings. The van der Waals surface area contributed by atoms with Gasteiger partial charge in [-0.3, -0.25) is 10.1 Å². The lowest BCUT2D eigenvalue weighted by molar-refractivity contribution is 0.102. The van der Waals surface area contributed by atoms with E-state index in [0.717, 1.165) is 0 Å². The third-order valence-corrected chi connectivity index (χ3v) is 4.78. The second-order valence-electron chi connectivity index (χ2n) is 7.58. The number of anilines is 4. The van der Waals surface area contributed by atoms with Crippen molar-refractivity contribution in [2.75, 3.05) is 16.0 Å². The molecule has 0 bridgehead atoms. The Labute approximate surface area is 194 Å². The van der Waals surface area contributed by atoms with E-state index in [-0.39, 0.29) is 17.6 Å². The lowest BCUT2D eigenvalue weighted by Crippen LogP contribution is -2.15. The molecule has 0 aliphatic carbocycles. The van der Waals surface area contributed by atoms with Crippen molar-refractivity contribution >= 4 is 35.0 Å². The highest BCUT2D eigenvalue weighted by Crippen LogP contribution is 2.23. The predicted molar refractivity (Wildman–Crippen MR) is 127 cm³/mol. The van der Waals surface area contributed by atoms with Crippen molar-refractivity contribution < 1.29 is 14.7 Å². The van der Waals surface area contributed by atoms with E-state index in [1.165, 1.54) is 0 Å². The average Bonchev–Trinajstić information content (AvgIpc) is 3.32. The van der Waals surface area contributed by atoms with Gasteiger partial charge in [-0.15, -0.1) is 5.10 Å². The van der Waals surface area contributed by atoms with Crippen LogP contribution in [0.5, 0.6) is 0 Å². The Morgan fingerprint density at radius 3 is 2.29 bits per heavy atom. The molecule has 2 amide bonds. The Morgan fingerprint density at radius 1 is 0.941 bits per heavy atom. The van der Waals surface area contributed by atoms with Gasteiger partial charge in [-0.05, 0) is 56.3 Å². The molecule has 0 atom stereocenters. The molecule has 2 heterocycles. The number of benzene rings is 2. The molecule has 11 heteroatoms. The smallest absolute Gasteiger partial charge is 0.409 e. The third kappa shape index (κ3) is 5.33. The Morgan fingerprint density at radius 2 is 1.65 bits per heavy atom. The van der Waals surface area contributed by atoms with Gasteiger partial charge in [0.1, 0.15) is 5.69 Å². The van der Waals surface area contributed by atoms with Crippen LogP contribution < -0.4 is 16.0 Å². The van der Waals surface area contributed by atoms with E-state index in [2.05, 4.69) is 36.2 Å². The summed E-state index contributed by atoms with van der Waals surface area (Å²) in [6, 6.07) is 15.2. The molecule has 0 aliphatic heterocycles. The number of rotatable bonds is 7. The molecule has 11 nitrogen and oxygen atoms in total. The maximum atomic E-state index is 12.6. The lowest BCUT2D eigenvalue weighted by atomic mass is 10.2. The topological polar surface area (TPSA) is 147 Å². The Hall–Kier alpha value is -4.80. The van der Waals surface area contributed by atoms with E-state index in [0.29, 0.717) is 34.3 Å². The molecule has 2 aromatic carbocycles. The highest BCUT2D eigenvalue weighted by atomic mass is 16.4. The summed E-state index contributed by atoms with van der Waals surface area (Å²) in [6.07, 6.45) is 2.24. The molecule has 0 spiro atoms. The number of carbonyl (C=O) groups is 2. The molecule has 0 saturated heterocycles. The van der Waals surface area contributed by atoms with E-state index in [1.807, 2.05) is 20.0 Å². The van der Waals surface area contributed by atoms with Crippen molar-refractivity contribution in [3.8, 4) is 11.4 Å². The fourth-order valence-corrected chi connectivity index (χ4v) is 3.05. The fourth-order valence-electron chi connectivity index (χ4n) is 3.05. The molecule has 4 N–H and O–H groups in total. The van der Waals surface area contributed by atoms with Gasteiger partial charge in [0.15, 0.2) is 0 Å². The number of carbonyl (C=O) groups excluding carboxylic acids is 1. The van der Waals surface area contributed by atoms with Crippen LogP contribution >= 0.6 is 0 Å². The van der Waals surface area contributed by atoms with Crippen molar-refractivity contribution in [3.63, 3.8) is 0 Å². The van der Waals surface area contributed by atoms with Gasteiger partial charge >= 0.3 is 6.09 Å². The van der Waals surface area contributed by atoms with Crippen molar-refractivity contribution in [2.45, 2.75) is 19.9 Å². The number of carboxylic acid groups (broad SMARTS) is 1. The Kier molecular flexibility index (Phi) is 6.44. The fraction of sp³-hybridized carbons (Fsp3) is 0.130. The number of para-hydroxylation sites is 2. The van der Waals surface area contributed by atoms with Gasteiger partial charge in [0.25, 0.3) is 5.91 Å². The SMILES string of the molecule is CC(C)n1cc(-c2ccnc(Nc3ccc(C(=O)Nc4ccccc4NC(=O)O)cc3)n2)nn1. The van der Waals surface area contributed by atoms with Gasteiger partial charge in [0.2, 0.25) is 5.95 Å². The number of hydrogen-bond acceptors (Lipinski definition) is 7. The van der Waals surface area contributed by atoms with Crippen molar-refractivity contribution in [2.24, 2.45) is 0 Å². The molecule has 0 aliphatic rings. The first-order valence-electron chi connectivity index (χ1n) is 10.4. The zero-order chi connectivity index (χ0) is 24.1. The van der Waals surface area contributed by atoms with Crippen LogP contribution in [0.1, 0.15) is 30.2 Å². The minimum atomic E-state index is -1.21. The zero-order valence-electron chi connectivity index (χ0n) is 18.4. The zero-order valence-corrected chi connectivity index (χ0v) is 18.4. The second-order valence-corrected chi connectivity index (χ2v) is 7.58. The first-order chi connectivity index (χ1) is 16.4. The average molecular weight is 458 g/mol. The molecule has 0 unspecified atom stereocenters. The largest absolute Gasteiger partial charge is 0.465 e. The molecule has 4 rings (SSSR count). The van der Waals surface area contributed by atoms with E-state index in [9.17, 15) is 9.59 Å². The normalized spacial score (nSPS) is 10.7. The summed E-state index contributed by atoms with van der Waals surface area (Å²) in [5.74, 6) is 0.000135. The molecular formula is C23H22N8O3. The summed E-state index contributed by atoms with van der Waals surface area (Å²) in [5.41, 5.74) is 3.00. The summed E-state index contributed by atoms with van der Waals surface area (Å²) in [6.45, 7) is 4.03. The first-order valence-corrected chi connectivity index (χ1v) is 10.4. The minimum Gasteiger partial charge on any atom is -0.465 e. The molecule has 34 heavy (non-hydrogen) atoms. The van der Waals surface area contributed by atoms with E-state index in [4.69, 9.17) is 5.11 Å². The molecule has 172 valence electrons. The molecule has 4 aromatic rings. The number of hydrogen-bond donors (Lipinski definition) is 4. The molecular weight excluding hydrogens is 436 g/mol. The summed E-state index contributed by atoms with van der Waals surface area (Å²) in [4.78, 5) is 32.3. The monoisotopic (exact) mass is 458 g/mol. The van der Waals surface area contributed by atoms with Gasteiger partial charge in [-0.25, -0.2) is 19.4 Å². The van der Waals surface area contributed by atoms with Crippen LogP contribution in [-0.4, -0.2) is 42.1 Å². The van der Waals surface area contributed by atoms with Crippen molar-refractivity contribution in [3.05, 3.63) is 72.6 Å². The van der Waals surface area contributed by atoms with E-state index in [1.54, 1.807) is 65.5 Å². The van der Waals surface area contributed by atoms with Crippen LogP contribution in [-0.2, 0) is 0 Å². The second kappa shape index (κ2) is 9.77. The number of nitrogens with one attached hydrogen (secondary N) is 3. The van der Waals surface area contributed by atoms with Gasteiger partial charge < -0.3 is 15.7 Å². The Bertz CT molecular complexity index is 1320. The third-order valence-electron chi connectivity index (χ3n) is 4.78. The number of amides is 2. The lowest BCUT2D eigenvalue weighted by Gasteiger charge is -2.11. The summed E-state index contributed by atoms with van der Waals surface area (Å²) in [7, 11) is 0. The Balaban J connectivity index is 1.44. The minimum absolute atomic E-state index is 0.193. The first kappa shape index (κ1) is 22.4. The van der Waals surface area contributed by atoms with Crippen LogP contribution in [0.4, 0.5) is 27.8 Å². The highest BCUT2D eigenvalue weighted by Gasteiger charge is 2.12. The van der Waals surface area contributed by atoms with Crippen LogP contribution in [0.3, 0.4) is 0 Å². The van der Waals surface area contributed by atoms with Crippen LogP contribution in [0.25, 0.3) is 11.4 Å². The maximum absolute atomic E-state index is 12.6. The quantitative estimate of drug-likeness (QED) is 0.319. The summed E-state index contributed by atoms with van der Waals surface area (Å²) >= 11 is 0. The summed E-state index contributed by atoms with van der Waals surface area (Å²) < 4.78 is 1.75. The highest BCUT2D eigenvalue weighted by molar-refractivity contribution is 6.07. The van der Waals surface area contributed by atoms with Gasteiger partial charge in [0, 0.05) is 23.5 Å². The van der Waals surface area contributed by atoms with Gasteiger partial charge in [0.05, 0.1) is 23.3 Å². The number of aromatic nitrogens is 5. The maximum Gasteiger partial charge on any atom is 0.409 e. The van der Waals surface area contributed by atoms with Gasteiger partial charge in [-0.2, -0.15) is 0 Å². The van der Waals surface area contributed by atoms with Gasteiger partial charge in [-0.1, -0.05) is 17.3 Å². The van der Waals surface area contributed by atoms with Crippen molar-refractivity contribution in [1.82, 2.24) is 25.0 Å². The summed E-state index contributed by atoms with van der Waals surface area (Å²) in [5, 5.41) is 25.3. The van der Waals surface area contributed by atoms with Crippen LogP contribution in [0.15, 0.2) is 67.0 Å². The van der Waals surface area contributed by atoms with Crippen LogP contribution in [0.2, 0.25) is 0 Å². The molecule has 0 radical (unpaired) electrons. The van der Waals surface area contributed by atoms with Crippen molar-refractivity contribution in [1.29, 1.82) is 0 Å². The molecule has 0 saturated carbocycles. The predicted octanol–water partition coefficient (Wildman–Crippen LogP) is 4.40. The van der Waals surface area contributed by atoms with E-state index < -0.39 is 6.09 Å². The number of nitrogens with zero attached hydrogens (tertiary/aromatic N) is 5. The van der Waals surface area contributed by atoms with Crippen LogP contribution in [0, 0.1) is 0 Å².